The first-order chi connectivity index (χ1) is 21.6. The second-order valence-electron chi connectivity index (χ2n) is 11.1. The number of methoxy groups -OCH3 is 1. The van der Waals surface area contributed by atoms with Crippen molar-refractivity contribution in [2.45, 2.75) is 19.0 Å². The molecule has 5 heterocycles. The minimum atomic E-state index is -0.122. The van der Waals surface area contributed by atoms with Crippen LogP contribution in [-0.2, 0) is 20.8 Å². The molecule has 44 heavy (non-hydrogen) atoms. The summed E-state index contributed by atoms with van der Waals surface area (Å²) in [6.45, 7) is 3.06. The van der Waals surface area contributed by atoms with E-state index in [0.717, 1.165) is 65.4 Å². The molecule has 2 aliphatic heterocycles. The average molecular weight is 588 g/mol. The van der Waals surface area contributed by atoms with Gasteiger partial charge in [0.15, 0.2) is 17.2 Å². The lowest BCUT2D eigenvalue weighted by molar-refractivity contribution is -0.124. The van der Waals surface area contributed by atoms with Crippen LogP contribution in [-0.4, -0.2) is 69.7 Å². The quantitative estimate of drug-likeness (QED) is 0.273. The third kappa shape index (κ3) is 5.41. The van der Waals surface area contributed by atoms with Gasteiger partial charge in [-0.3, -0.25) is 14.3 Å². The Balaban J connectivity index is 1.16. The summed E-state index contributed by atoms with van der Waals surface area (Å²) in [4.78, 5) is 28.9. The van der Waals surface area contributed by atoms with Crippen molar-refractivity contribution in [3.8, 4) is 28.3 Å². The Bertz CT molecular complexity index is 1850. The molecule has 0 saturated carbocycles. The Morgan fingerprint density at radius 2 is 1.84 bits per heavy atom. The molecule has 10 nitrogen and oxygen atoms in total. The second kappa shape index (κ2) is 11.9. The van der Waals surface area contributed by atoms with Crippen molar-refractivity contribution >= 4 is 22.8 Å². The predicted octanol–water partition coefficient (Wildman–Crippen LogP) is 4.35. The smallest absolute Gasteiger partial charge is 0.224 e. The number of ether oxygens (including phenoxy) is 2. The number of likely N-dealkylation sites (tertiary alicyclic amines) is 1. The van der Waals surface area contributed by atoms with Gasteiger partial charge in [0, 0.05) is 43.1 Å². The number of nitrogens with one attached hydrogen (secondary N) is 1. The van der Waals surface area contributed by atoms with Crippen LogP contribution in [0.2, 0.25) is 0 Å². The second-order valence-corrected chi connectivity index (χ2v) is 11.1. The molecule has 2 aliphatic rings. The zero-order chi connectivity index (χ0) is 30.0. The Kier molecular flexibility index (Phi) is 7.51. The fraction of sp³-hybridized carbons (Fsp3) is 0.235. The van der Waals surface area contributed by atoms with Gasteiger partial charge in [-0.25, -0.2) is 15.0 Å². The van der Waals surface area contributed by atoms with E-state index >= 15 is 0 Å². The van der Waals surface area contributed by atoms with Gasteiger partial charge in [0.2, 0.25) is 5.78 Å². The molecule has 3 N–H and O–H groups in total. The maximum absolute atomic E-state index is 12.1. The highest BCUT2D eigenvalue weighted by Crippen LogP contribution is 2.32. The molecule has 1 fully saturated rings. The van der Waals surface area contributed by atoms with Gasteiger partial charge in [0.25, 0.3) is 0 Å². The number of anilines is 1. The van der Waals surface area contributed by atoms with Gasteiger partial charge in [0.1, 0.15) is 17.9 Å². The Labute approximate surface area is 255 Å². The van der Waals surface area contributed by atoms with E-state index in [1.165, 1.54) is 12.7 Å². The van der Waals surface area contributed by atoms with Crippen LogP contribution < -0.4 is 11.1 Å². The monoisotopic (exact) mass is 587 g/mol. The number of hydrogen-bond acceptors (Lipinski definition) is 9. The van der Waals surface area contributed by atoms with Crippen molar-refractivity contribution in [1.82, 2.24) is 29.7 Å². The number of aromatic nitrogens is 4. The average Bonchev–Trinajstić information content (AvgIpc) is 3.66. The van der Waals surface area contributed by atoms with E-state index in [4.69, 9.17) is 25.2 Å². The summed E-state index contributed by atoms with van der Waals surface area (Å²) in [5.74, 6) is 1.37. The van der Waals surface area contributed by atoms with Gasteiger partial charge in [0.05, 0.1) is 30.7 Å². The largest absolute Gasteiger partial charge is 0.491 e. The summed E-state index contributed by atoms with van der Waals surface area (Å²) in [6, 6.07) is 26.7. The Hall–Kier alpha value is -5.06. The normalized spacial score (nSPS) is 17.4. The topological polar surface area (TPSA) is 120 Å². The third-order valence-corrected chi connectivity index (χ3v) is 8.12. The minimum Gasteiger partial charge on any atom is -0.491 e. The number of nitrogens with zero attached hydrogens (tertiary/aromatic N) is 5. The first-order valence-electron chi connectivity index (χ1n) is 14.7. The van der Waals surface area contributed by atoms with Gasteiger partial charge >= 0.3 is 0 Å². The number of ketones is 1. The lowest BCUT2D eigenvalue weighted by Crippen LogP contribution is -2.37. The molecule has 1 atom stereocenters. The van der Waals surface area contributed by atoms with Crippen LogP contribution in [0.5, 0.6) is 0 Å². The number of imidazole rings is 1. The van der Waals surface area contributed by atoms with Crippen LogP contribution in [0.15, 0.2) is 96.5 Å². The lowest BCUT2D eigenvalue weighted by Gasteiger charge is -2.23. The fourth-order valence-corrected chi connectivity index (χ4v) is 6.00. The molecule has 5 aromatic rings. The molecule has 10 heteroatoms. The number of pyridine rings is 2. The number of hydrogen-bond donors (Lipinski definition) is 2. The highest BCUT2D eigenvalue weighted by atomic mass is 16.5. The van der Waals surface area contributed by atoms with Crippen LogP contribution in [0.4, 0.5) is 5.82 Å². The molecule has 0 unspecified atom stereocenters. The molecule has 0 spiro atoms. The molecule has 2 aromatic carbocycles. The van der Waals surface area contributed by atoms with E-state index < -0.39 is 0 Å². The van der Waals surface area contributed by atoms with Crippen molar-refractivity contribution < 1.29 is 14.3 Å². The lowest BCUT2D eigenvalue weighted by atomic mass is 10.1. The van der Waals surface area contributed by atoms with Gasteiger partial charge in [-0.15, -0.1) is 0 Å². The number of benzene rings is 2. The van der Waals surface area contributed by atoms with Crippen molar-refractivity contribution in [3.05, 3.63) is 102 Å². The molecular weight excluding hydrogens is 554 g/mol. The van der Waals surface area contributed by atoms with Crippen molar-refractivity contribution in [2.24, 2.45) is 0 Å². The zero-order valence-corrected chi connectivity index (χ0v) is 24.4. The summed E-state index contributed by atoms with van der Waals surface area (Å²) >= 11 is 0. The molecule has 222 valence electrons. The van der Waals surface area contributed by atoms with Crippen LogP contribution in [0.1, 0.15) is 12.0 Å². The highest BCUT2D eigenvalue weighted by molar-refractivity contribution is 5.95. The van der Waals surface area contributed by atoms with Crippen LogP contribution in [0.25, 0.3) is 39.5 Å². The van der Waals surface area contributed by atoms with Gasteiger partial charge < -0.3 is 20.5 Å². The summed E-state index contributed by atoms with van der Waals surface area (Å²) in [5.41, 5.74) is 13.4. The van der Waals surface area contributed by atoms with E-state index in [-0.39, 0.29) is 18.4 Å². The van der Waals surface area contributed by atoms with E-state index in [9.17, 15) is 4.79 Å². The molecule has 0 radical (unpaired) electrons. The Morgan fingerprint density at radius 1 is 1.00 bits per heavy atom. The maximum atomic E-state index is 12.1. The highest BCUT2D eigenvalue weighted by Gasteiger charge is 2.28. The van der Waals surface area contributed by atoms with Crippen LogP contribution >= 0.6 is 0 Å². The first-order valence-corrected chi connectivity index (χ1v) is 14.7. The van der Waals surface area contributed by atoms with Crippen LogP contribution in [0, 0.1) is 0 Å². The summed E-state index contributed by atoms with van der Waals surface area (Å²) in [5, 5.41) is 3.49. The van der Waals surface area contributed by atoms with E-state index in [1.54, 1.807) is 6.20 Å². The molecule has 7 rings (SSSR count). The van der Waals surface area contributed by atoms with Gasteiger partial charge in [-0.05, 0) is 48.4 Å². The molecule has 0 amide bonds. The number of carbonyl (C=O) groups excluding carboxylic acids is 1. The predicted molar refractivity (Wildman–Crippen MR) is 169 cm³/mol. The Morgan fingerprint density at radius 3 is 2.64 bits per heavy atom. The molecule has 0 bridgehead atoms. The maximum Gasteiger partial charge on any atom is 0.224 e. The van der Waals surface area contributed by atoms with Crippen molar-refractivity contribution in [2.75, 3.05) is 39.1 Å². The van der Waals surface area contributed by atoms with E-state index in [1.807, 2.05) is 42.5 Å². The number of nitrogens with two attached hydrogens (primary N) is 1. The first kappa shape index (κ1) is 27.8. The van der Waals surface area contributed by atoms with Gasteiger partial charge in [-0.2, -0.15) is 0 Å². The SMILES string of the molecule is COC1=C(N[C@@H]2CCN(Cc3ccc(-n4c(-c5cccnc5N)nc5ccc(-c6ccccc6)nc54)cc3)C2)COCC1=O. The number of Topliss-reactive ketones (excluding diaryl/α,β-unsaturated/α-hetero) is 1. The number of carbonyl (C=O) groups is 1. The van der Waals surface area contributed by atoms with Crippen molar-refractivity contribution in [3.63, 3.8) is 0 Å². The molecule has 3 aromatic heterocycles. The minimum absolute atomic E-state index is 0.0668. The summed E-state index contributed by atoms with van der Waals surface area (Å²) < 4.78 is 12.8. The molecule has 0 aliphatic carbocycles. The number of fused-ring (bicyclic) bond motifs is 1. The fourth-order valence-electron chi connectivity index (χ4n) is 6.00. The summed E-state index contributed by atoms with van der Waals surface area (Å²) in [6.07, 6.45) is 2.65. The molecule has 1 saturated heterocycles. The summed E-state index contributed by atoms with van der Waals surface area (Å²) in [7, 11) is 1.53. The van der Waals surface area contributed by atoms with E-state index in [2.05, 4.69) is 56.2 Å². The zero-order valence-electron chi connectivity index (χ0n) is 24.4. The third-order valence-electron chi connectivity index (χ3n) is 8.12. The van der Waals surface area contributed by atoms with Crippen molar-refractivity contribution in [1.29, 1.82) is 0 Å². The standard InChI is InChI=1S/C34H33N7O3/c1-43-31-29(20-44-21-30(31)42)37-24-15-17-40(19-24)18-22-9-11-25(12-10-22)41-33(26-8-5-16-36-32(26)35)39-28-14-13-27(38-34(28)41)23-6-3-2-4-7-23/h2-14,16,24,37H,15,17-21H2,1H3,(H2,35,36)/t24-/m1/s1. The number of nitrogen functional groups attached to an aromatic ring is 1. The van der Waals surface area contributed by atoms with Gasteiger partial charge in [-0.1, -0.05) is 42.5 Å². The van der Waals surface area contributed by atoms with E-state index in [0.29, 0.717) is 24.0 Å². The van der Waals surface area contributed by atoms with Crippen LogP contribution in [0.3, 0.4) is 0 Å². The number of rotatable bonds is 8. The molecular formula is C34H33N7O3.